The Balaban J connectivity index is 2.52. The van der Waals surface area contributed by atoms with E-state index in [2.05, 4.69) is 4.74 Å². The first kappa shape index (κ1) is 10.9. The molecule has 0 aliphatic heterocycles. The van der Waals surface area contributed by atoms with E-state index >= 15 is 0 Å². The zero-order chi connectivity index (χ0) is 11.9. The fourth-order valence-electron chi connectivity index (χ4n) is 1.72. The van der Waals surface area contributed by atoms with Gasteiger partial charge < -0.3 is 9.30 Å². The SMILES string of the molecule is Cc1cc(OC(F)(F)F)cc2c1ccn2C. The average Bonchev–Trinajstić information content (AvgIpc) is 2.45. The minimum Gasteiger partial charge on any atom is -0.406 e. The number of ether oxygens (including phenoxy) is 1. The van der Waals surface area contributed by atoms with E-state index in [0.717, 1.165) is 16.5 Å². The van der Waals surface area contributed by atoms with Crippen LogP contribution in [0.5, 0.6) is 5.75 Å². The molecule has 5 heteroatoms. The molecule has 0 fully saturated rings. The van der Waals surface area contributed by atoms with E-state index in [-0.39, 0.29) is 5.75 Å². The van der Waals surface area contributed by atoms with Crippen molar-refractivity contribution in [2.45, 2.75) is 13.3 Å². The topological polar surface area (TPSA) is 14.2 Å². The lowest BCUT2D eigenvalue weighted by Gasteiger charge is -2.10. The number of alkyl halides is 3. The minimum atomic E-state index is -4.65. The Morgan fingerprint density at radius 2 is 1.94 bits per heavy atom. The largest absolute Gasteiger partial charge is 0.573 e. The molecule has 0 saturated heterocycles. The van der Waals surface area contributed by atoms with Crippen molar-refractivity contribution in [1.29, 1.82) is 0 Å². The van der Waals surface area contributed by atoms with E-state index < -0.39 is 6.36 Å². The number of aryl methyl sites for hydroxylation is 2. The van der Waals surface area contributed by atoms with Gasteiger partial charge >= 0.3 is 6.36 Å². The Kier molecular flexibility index (Phi) is 2.33. The van der Waals surface area contributed by atoms with E-state index in [4.69, 9.17) is 0 Å². The summed E-state index contributed by atoms with van der Waals surface area (Å²) in [4.78, 5) is 0. The van der Waals surface area contributed by atoms with Crippen molar-refractivity contribution in [1.82, 2.24) is 4.57 Å². The Morgan fingerprint density at radius 1 is 1.25 bits per heavy atom. The Hall–Kier alpha value is -1.65. The van der Waals surface area contributed by atoms with Gasteiger partial charge in [-0.15, -0.1) is 13.2 Å². The lowest BCUT2D eigenvalue weighted by molar-refractivity contribution is -0.274. The zero-order valence-electron chi connectivity index (χ0n) is 8.80. The number of nitrogens with zero attached hydrogens (tertiary/aromatic N) is 1. The van der Waals surface area contributed by atoms with E-state index in [1.54, 1.807) is 24.7 Å². The second-order valence-electron chi connectivity index (χ2n) is 3.65. The molecular formula is C11H10F3NO. The van der Waals surface area contributed by atoms with E-state index in [1.165, 1.54) is 12.1 Å². The summed E-state index contributed by atoms with van der Waals surface area (Å²) >= 11 is 0. The second kappa shape index (κ2) is 3.43. The van der Waals surface area contributed by atoms with Gasteiger partial charge in [-0.1, -0.05) is 0 Å². The first-order chi connectivity index (χ1) is 7.37. The van der Waals surface area contributed by atoms with Crippen LogP contribution in [0.4, 0.5) is 13.2 Å². The molecule has 0 aliphatic rings. The van der Waals surface area contributed by atoms with Crippen LogP contribution < -0.4 is 4.74 Å². The second-order valence-corrected chi connectivity index (χ2v) is 3.65. The number of rotatable bonds is 1. The van der Waals surface area contributed by atoms with Gasteiger partial charge in [0.25, 0.3) is 0 Å². The minimum absolute atomic E-state index is 0.181. The molecule has 1 aromatic heterocycles. The van der Waals surface area contributed by atoms with Crippen LogP contribution in [0.3, 0.4) is 0 Å². The third-order valence-corrected chi connectivity index (χ3v) is 2.42. The standard InChI is InChI=1S/C11H10F3NO/c1-7-5-8(16-11(12,13)14)6-10-9(7)3-4-15(10)2/h3-6H,1-2H3. The fourth-order valence-corrected chi connectivity index (χ4v) is 1.72. The van der Waals surface area contributed by atoms with Gasteiger partial charge in [-0.25, -0.2) is 0 Å². The van der Waals surface area contributed by atoms with Crippen molar-refractivity contribution >= 4 is 10.9 Å². The molecule has 1 heterocycles. The quantitative estimate of drug-likeness (QED) is 0.731. The predicted molar refractivity (Wildman–Crippen MR) is 54.3 cm³/mol. The van der Waals surface area contributed by atoms with Crippen molar-refractivity contribution in [2.75, 3.05) is 0 Å². The molecule has 2 nitrogen and oxygen atoms in total. The molecule has 0 aliphatic carbocycles. The van der Waals surface area contributed by atoms with Gasteiger partial charge in [0.2, 0.25) is 0 Å². The highest BCUT2D eigenvalue weighted by molar-refractivity contribution is 5.85. The molecule has 2 rings (SSSR count). The Morgan fingerprint density at radius 3 is 2.56 bits per heavy atom. The summed E-state index contributed by atoms with van der Waals surface area (Å²) in [7, 11) is 1.78. The van der Waals surface area contributed by atoms with Crippen LogP contribution in [-0.4, -0.2) is 10.9 Å². The summed E-state index contributed by atoms with van der Waals surface area (Å²) in [6.07, 6.45) is -2.85. The average molecular weight is 229 g/mol. The van der Waals surface area contributed by atoms with Crippen molar-refractivity contribution in [2.24, 2.45) is 7.05 Å². The molecule has 0 atom stereocenters. The Bertz CT molecular complexity index is 528. The normalized spacial score (nSPS) is 12.1. The van der Waals surface area contributed by atoms with Gasteiger partial charge in [0, 0.05) is 24.7 Å². The highest BCUT2D eigenvalue weighted by Crippen LogP contribution is 2.29. The molecule has 2 aromatic rings. The van der Waals surface area contributed by atoms with E-state index in [9.17, 15) is 13.2 Å². The molecule has 0 radical (unpaired) electrons. The summed E-state index contributed by atoms with van der Waals surface area (Å²) in [6, 6.07) is 4.63. The number of aromatic nitrogens is 1. The monoisotopic (exact) mass is 229 g/mol. The lowest BCUT2D eigenvalue weighted by Crippen LogP contribution is -2.17. The Labute approximate surface area is 90.2 Å². The number of hydrogen-bond acceptors (Lipinski definition) is 1. The molecule has 0 spiro atoms. The van der Waals surface area contributed by atoms with Crippen LogP contribution in [0.25, 0.3) is 10.9 Å². The van der Waals surface area contributed by atoms with Crippen molar-refractivity contribution < 1.29 is 17.9 Å². The van der Waals surface area contributed by atoms with Crippen molar-refractivity contribution in [3.63, 3.8) is 0 Å². The van der Waals surface area contributed by atoms with Crippen molar-refractivity contribution in [3.8, 4) is 5.75 Å². The fraction of sp³-hybridized carbons (Fsp3) is 0.273. The number of halogens is 3. The van der Waals surface area contributed by atoms with Crippen LogP contribution in [0.1, 0.15) is 5.56 Å². The first-order valence-corrected chi connectivity index (χ1v) is 4.68. The van der Waals surface area contributed by atoms with Crippen LogP contribution in [-0.2, 0) is 7.05 Å². The summed E-state index contributed by atoms with van der Waals surface area (Å²) in [6.45, 7) is 1.76. The summed E-state index contributed by atoms with van der Waals surface area (Å²) in [5.74, 6) is -0.181. The first-order valence-electron chi connectivity index (χ1n) is 4.68. The van der Waals surface area contributed by atoms with Crippen LogP contribution in [0, 0.1) is 6.92 Å². The number of benzene rings is 1. The van der Waals surface area contributed by atoms with Gasteiger partial charge in [-0.3, -0.25) is 0 Å². The number of hydrogen-bond donors (Lipinski definition) is 0. The number of fused-ring (bicyclic) bond motifs is 1. The van der Waals surface area contributed by atoms with Crippen LogP contribution >= 0.6 is 0 Å². The third kappa shape index (κ3) is 1.98. The van der Waals surface area contributed by atoms with Gasteiger partial charge in [-0.05, 0) is 24.6 Å². The van der Waals surface area contributed by atoms with E-state index in [1.807, 2.05) is 6.07 Å². The molecule has 1 aromatic carbocycles. The highest BCUT2D eigenvalue weighted by Gasteiger charge is 2.31. The van der Waals surface area contributed by atoms with Crippen LogP contribution in [0.15, 0.2) is 24.4 Å². The van der Waals surface area contributed by atoms with Crippen molar-refractivity contribution in [3.05, 3.63) is 30.0 Å². The highest BCUT2D eigenvalue weighted by atomic mass is 19.4. The molecule has 0 unspecified atom stereocenters. The maximum atomic E-state index is 12.1. The maximum Gasteiger partial charge on any atom is 0.573 e. The summed E-state index contributed by atoms with van der Waals surface area (Å²) in [5, 5.41) is 0.928. The van der Waals surface area contributed by atoms with Gasteiger partial charge in [0.05, 0.1) is 5.52 Å². The van der Waals surface area contributed by atoms with Crippen LogP contribution in [0.2, 0.25) is 0 Å². The molecule has 0 N–H and O–H groups in total. The molecule has 0 bridgehead atoms. The molecule has 86 valence electrons. The maximum absolute atomic E-state index is 12.1. The summed E-state index contributed by atoms with van der Waals surface area (Å²) in [5.41, 5.74) is 1.48. The van der Waals surface area contributed by atoms with E-state index in [0.29, 0.717) is 0 Å². The molecule has 0 amide bonds. The smallest absolute Gasteiger partial charge is 0.406 e. The van der Waals surface area contributed by atoms with Gasteiger partial charge in [0.15, 0.2) is 0 Å². The molecule has 0 saturated carbocycles. The molecular weight excluding hydrogens is 219 g/mol. The van der Waals surface area contributed by atoms with Gasteiger partial charge in [-0.2, -0.15) is 0 Å². The zero-order valence-corrected chi connectivity index (χ0v) is 8.80. The molecule has 16 heavy (non-hydrogen) atoms. The summed E-state index contributed by atoms with van der Waals surface area (Å²) < 4.78 is 41.9. The predicted octanol–water partition coefficient (Wildman–Crippen LogP) is 3.39. The lowest BCUT2D eigenvalue weighted by atomic mass is 10.1. The third-order valence-electron chi connectivity index (χ3n) is 2.42. The van der Waals surface area contributed by atoms with Gasteiger partial charge in [0.1, 0.15) is 5.75 Å².